The number of carbonyl (C=O) groups excluding carboxylic acids is 2. The lowest BCUT2D eigenvalue weighted by Gasteiger charge is -2.08. The molecular formula is C17H17ClN2O2. The van der Waals surface area contributed by atoms with Crippen LogP contribution in [-0.2, 0) is 9.59 Å². The van der Waals surface area contributed by atoms with Crippen LogP contribution >= 0.6 is 11.6 Å². The van der Waals surface area contributed by atoms with Gasteiger partial charge in [-0.2, -0.15) is 0 Å². The third-order valence-electron chi connectivity index (χ3n) is 3.11. The van der Waals surface area contributed by atoms with Gasteiger partial charge in [0.1, 0.15) is 0 Å². The summed E-state index contributed by atoms with van der Waals surface area (Å²) in [6, 6.07) is 14.4. The third kappa shape index (κ3) is 4.90. The molecule has 2 rings (SSSR count). The normalized spacial score (nSPS) is 10.1. The molecule has 4 nitrogen and oxygen atoms in total. The number of para-hydroxylation sites is 1. The van der Waals surface area contributed by atoms with Gasteiger partial charge in [-0.15, -0.1) is 0 Å². The Kier molecular flexibility index (Phi) is 5.55. The number of carbonyl (C=O) groups is 2. The van der Waals surface area contributed by atoms with Gasteiger partial charge in [-0.25, -0.2) is 0 Å². The number of benzene rings is 2. The van der Waals surface area contributed by atoms with Crippen molar-refractivity contribution in [3.8, 4) is 0 Å². The van der Waals surface area contributed by atoms with Crippen molar-refractivity contribution in [3.63, 3.8) is 0 Å². The van der Waals surface area contributed by atoms with E-state index in [1.54, 1.807) is 24.3 Å². The molecular weight excluding hydrogens is 300 g/mol. The van der Waals surface area contributed by atoms with E-state index in [9.17, 15) is 9.59 Å². The molecule has 0 atom stereocenters. The van der Waals surface area contributed by atoms with E-state index < -0.39 is 0 Å². The van der Waals surface area contributed by atoms with E-state index in [0.29, 0.717) is 10.7 Å². The second-order valence-corrected chi connectivity index (χ2v) is 5.36. The first-order valence-corrected chi connectivity index (χ1v) is 7.33. The Morgan fingerprint density at radius 2 is 1.64 bits per heavy atom. The first-order chi connectivity index (χ1) is 10.5. The average molecular weight is 317 g/mol. The molecule has 0 fully saturated rings. The van der Waals surface area contributed by atoms with Crippen molar-refractivity contribution in [2.75, 3.05) is 10.6 Å². The smallest absolute Gasteiger partial charge is 0.224 e. The van der Waals surface area contributed by atoms with Crippen molar-refractivity contribution in [2.45, 2.75) is 19.8 Å². The van der Waals surface area contributed by atoms with Gasteiger partial charge in [-0.1, -0.05) is 35.9 Å². The Bertz CT molecular complexity index is 686. The fourth-order valence-corrected chi connectivity index (χ4v) is 2.13. The summed E-state index contributed by atoms with van der Waals surface area (Å²) in [6.45, 7) is 1.92. The van der Waals surface area contributed by atoms with Crippen molar-refractivity contribution in [1.82, 2.24) is 0 Å². The molecule has 0 aliphatic heterocycles. The first kappa shape index (κ1) is 16.0. The maximum absolute atomic E-state index is 11.9. The van der Waals surface area contributed by atoms with Gasteiger partial charge >= 0.3 is 0 Å². The van der Waals surface area contributed by atoms with Crippen molar-refractivity contribution >= 4 is 34.8 Å². The summed E-state index contributed by atoms with van der Waals surface area (Å²) in [5.41, 5.74) is 2.37. The van der Waals surface area contributed by atoms with Crippen LogP contribution in [0.3, 0.4) is 0 Å². The number of rotatable bonds is 5. The van der Waals surface area contributed by atoms with Gasteiger partial charge in [-0.3, -0.25) is 9.59 Å². The molecule has 0 radical (unpaired) electrons. The minimum Gasteiger partial charge on any atom is -0.326 e. The van der Waals surface area contributed by atoms with Crippen molar-refractivity contribution < 1.29 is 9.59 Å². The second kappa shape index (κ2) is 7.61. The Morgan fingerprint density at radius 3 is 2.32 bits per heavy atom. The van der Waals surface area contributed by atoms with Gasteiger partial charge in [0, 0.05) is 29.2 Å². The van der Waals surface area contributed by atoms with E-state index in [2.05, 4.69) is 10.6 Å². The van der Waals surface area contributed by atoms with Gasteiger partial charge in [0.15, 0.2) is 0 Å². The molecule has 0 bridgehead atoms. The fraction of sp³-hybridized carbons (Fsp3) is 0.176. The topological polar surface area (TPSA) is 58.2 Å². The molecule has 2 aromatic rings. The van der Waals surface area contributed by atoms with E-state index in [-0.39, 0.29) is 24.7 Å². The van der Waals surface area contributed by atoms with E-state index in [0.717, 1.165) is 11.3 Å². The summed E-state index contributed by atoms with van der Waals surface area (Å²) >= 11 is 5.85. The van der Waals surface area contributed by atoms with Crippen LogP contribution in [-0.4, -0.2) is 11.8 Å². The minimum absolute atomic E-state index is 0.115. The summed E-state index contributed by atoms with van der Waals surface area (Å²) in [5, 5.41) is 6.06. The maximum Gasteiger partial charge on any atom is 0.224 e. The zero-order valence-corrected chi connectivity index (χ0v) is 13.0. The first-order valence-electron chi connectivity index (χ1n) is 6.95. The molecule has 2 amide bonds. The number of halogens is 1. The molecule has 5 heteroatoms. The summed E-state index contributed by atoms with van der Waals surface area (Å²) in [7, 11) is 0. The quantitative estimate of drug-likeness (QED) is 0.875. The molecule has 0 aliphatic carbocycles. The summed E-state index contributed by atoms with van der Waals surface area (Å²) in [4.78, 5) is 23.7. The SMILES string of the molecule is Cc1ccccc1NC(=O)CCC(=O)Nc1cccc(Cl)c1. The number of nitrogens with one attached hydrogen (secondary N) is 2. The highest BCUT2D eigenvalue weighted by Gasteiger charge is 2.08. The molecule has 2 aromatic carbocycles. The minimum atomic E-state index is -0.220. The standard InChI is InChI=1S/C17H17ClN2O2/c1-12-5-2-3-8-15(12)20-17(22)10-9-16(21)19-14-7-4-6-13(18)11-14/h2-8,11H,9-10H2,1H3,(H,19,21)(H,20,22). The monoisotopic (exact) mass is 316 g/mol. The summed E-state index contributed by atoms with van der Waals surface area (Å²) in [5.74, 6) is -0.405. The number of hydrogen-bond acceptors (Lipinski definition) is 2. The Balaban J connectivity index is 1.81. The van der Waals surface area contributed by atoms with E-state index in [4.69, 9.17) is 11.6 Å². The molecule has 0 aromatic heterocycles. The van der Waals surface area contributed by atoms with Crippen molar-refractivity contribution in [1.29, 1.82) is 0 Å². The maximum atomic E-state index is 11.9. The molecule has 0 saturated carbocycles. The van der Waals surface area contributed by atoms with Crippen LogP contribution in [0.5, 0.6) is 0 Å². The highest BCUT2D eigenvalue weighted by molar-refractivity contribution is 6.30. The zero-order valence-electron chi connectivity index (χ0n) is 12.2. The second-order valence-electron chi connectivity index (χ2n) is 4.92. The van der Waals surface area contributed by atoms with Gasteiger partial charge in [0.25, 0.3) is 0 Å². The van der Waals surface area contributed by atoms with Crippen LogP contribution in [0.2, 0.25) is 5.02 Å². The van der Waals surface area contributed by atoms with Crippen molar-refractivity contribution in [2.24, 2.45) is 0 Å². The predicted octanol–water partition coefficient (Wildman–Crippen LogP) is 4.01. The largest absolute Gasteiger partial charge is 0.326 e. The molecule has 114 valence electrons. The van der Waals surface area contributed by atoms with Crippen LogP contribution in [0.15, 0.2) is 48.5 Å². The number of anilines is 2. The Morgan fingerprint density at radius 1 is 0.955 bits per heavy atom. The van der Waals surface area contributed by atoms with Crippen LogP contribution in [0, 0.1) is 6.92 Å². The van der Waals surface area contributed by atoms with Crippen LogP contribution < -0.4 is 10.6 Å². The molecule has 22 heavy (non-hydrogen) atoms. The number of amides is 2. The molecule has 0 spiro atoms. The average Bonchev–Trinajstić information content (AvgIpc) is 2.48. The molecule has 0 aliphatic rings. The van der Waals surface area contributed by atoms with E-state index >= 15 is 0 Å². The van der Waals surface area contributed by atoms with E-state index in [1.165, 1.54) is 0 Å². The Labute approximate surface area is 134 Å². The van der Waals surface area contributed by atoms with Gasteiger partial charge in [0.05, 0.1) is 0 Å². The van der Waals surface area contributed by atoms with Crippen LogP contribution in [0.25, 0.3) is 0 Å². The lowest BCUT2D eigenvalue weighted by atomic mass is 10.2. The molecule has 0 heterocycles. The fourth-order valence-electron chi connectivity index (χ4n) is 1.94. The van der Waals surface area contributed by atoms with Gasteiger partial charge in [0.2, 0.25) is 11.8 Å². The van der Waals surface area contributed by atoms with Gasteiger partial charge in [-0.05, 0) is 36.8 Å². The van der Waals surface area contributed by atoms with Crippen LogP contribution in [0.4, 0.5) is 11.4 Å². The molecule has 2 N–H and O–H groups in total. The number of hydrogen-bond donors (Lipinski definition) is 2. The van der Waals surface area contributed by atoms with Crippen molar-refractivity contribution in [3.05, 3.63) is 59.1 Å². The lowest BCUT2D eigenvalue weighted by molar-refractivity contribution is -0.121. The summed E-state index contributed by atoms with van der Waals surface area (Å²) < 4.78 is 0. The third-order valence-corrected chi connectivity index (χ3v) is 3.34. The molecule has 0 saturated heterocycles. The Hall–Kier alpha value is -2.33. The summed E-state index contributed by atoms with van der Waals surface area (Å²) in [6.07, 6.45) is 0.241. The highest BCUT2D eigenvalue weighted by Crippen LogP contribution is 2.16. The van der Waals surface area contributed by atoms with Crippen LogP contribution in [0.1, 0.15) is 18.4 Å². The van der Waals surface area contributed by atoms with Gasteiger partial charge < -0.3 is 10.6 Å². The highest BCUT2D eigenvalue weighted by atomic mass is 35.5. The van der Waals surface area contributed by atoms with E-state index in [1.807, 2.05) is 31.2 Å². The lowest BCUT2D eigenvalue weighted by Crippen LogP contribution is -2.17. The zero-order chi connectivity index (χ0) is 15.9. The molecule has 0 unspecified atom stereocenters. The predicted molar refractivity (Wildman–Crippen MR) is 89.1 cm³/mol. The number of aryl methyl sites for hydroxylation is 1.